The summed E-state index contributed by atoms with van der Waals surface area (Å²) in [5.74, 6) is -1.89. The Labute approximate surface area is 182 Å². The molecular formula is C24H19FN2O5. The number of carbonyl (C=O) groups excluding carboxylic acids is 2. The summed E-state index contributed by atoms with van der Waals surface area (Å²) in [5, 5.41) is -0.0306. The molecule has 7 nitrogen and oxygen atoms in total. The van der Waals surface area contributed by atoms with Gasteiger partial charge in [0.15, 0.2) is 11.0 Å². The van der Waals surface area contributed by atoms with Crippen LogP contribution in [0.5, 0.6) is 0 Å². The van der Waals surface area contributed by atoms with Gasteiger partial charge in [-0.25, -0.2) is 4.39 Å². The molecule has 0 radical (unpaired) electrons. The number of ether oxygens (including phenoxy) is 1. The van der Waals surface area contributed by atoms with E-state index < -0.39 is 28.6 Å². The average molecular weight is 434 g/mol. The molecule has 0 bridgehead atoms. The molecule has 1 aromatic heterocycles. The fourth-order valence-corrected chi connectivity index (χ4v) is 4.76. The number of amides is 2. The molecule has 1 atom stereocenters. The Hall–Kier alpha value is -3.78. The minimum atomic E-state index is -1.73. The normalized spacial score (nSPS) is 19.2. The topological polar surface area (TPSA) is 80.1 Å². The van der Waals surface area contributed by atoms with Crippen molar-refractivity contribution < 1.29 is 23.1 Å². The highest BCUT2D eigenvalue weighted by Crippen LogP contribution is 2.52. The Balaban J connectivity index is 1.91. The third-order valence-corrected chi connectivity index (χ3v) is 6.03. The van der Waals surface area contributed by atoms with Crippen LogP contribution in [0.25, 0.3) is 11.0 Å². The summed E-state index contributed by atoms with van der Waals surface area (Å²) in [5.41, 5.74) is -1.31. The van der Waals surface area contributed by atoms with Crippen molar-refractivity contribution in [2.75, 3.05) is 31.7 Å². The van der Waals surface area contributed by atoms with Gasteiger partial charge in [-0.05, 0) is 24.3 Å². The highest BCUT2D eigenvalue weighted by Gasteiger charge is 2.64. The largest absolute Gasteiger partial charge is 0.450 e. The van der Waals surface area contributed by atoms with Gasteiger partial charge in [-0.15, -0.1) is 6.58 Å². The van der Waals surface area contributed by atoms with E-state index >= 15 is 0 Å². The van der Waals surface area contributed by atoms with Crippen molar-refractivity contribution >= 4 is 28.5 Å². The van der Waals surface area contributed by atoms with Crippen molar-refractivity contribution in [2.45, 2.75) is 5.54 Å². The molecule has 2 amide bonds. The molecule has 0 saturated heterocycles. The number of methoxy groups -OCH3 is 1. The number of carbonyl (C=O) groups is 2. The van der Waals surface area contributed by atoms with E-state index in [1.807, 2.05) is 0 Å². The fraction of sp³-hybridized carbons (Fsp3) is 0.208. The molecule has 5 rings (SSSR count). The first kappa shape index (κ1) is 20.1. The summed E-state index contributed by atoms with van der Waals surface area (Å²) in [6.07, 6.45) is 1.57. The number of anilines is 1. The van der Waals surface area contributed by atoms with Crippen molar-refractivity contribution in [3.8, 4) is 0 Å². The van der Waals surface area contributed by atoms with Gasteiger partial charge >= 0.3 is 0 Å². The number of para-hydroxylation sites is 1. The van der Waals surface area contributed by atoms with Crippen LogP contribution in [-0.2, 0) is 15.1 Å². The molecule has 0 N–H and O–H groups in total. The molecule has 0 aliphatic carbocycles. The molecule has 1 spiro atoms. The average Bonchev–Trinajstić information content (AvgIpc) is 3.18. The zero-order valence-corrected chi connectivity index (χ0v) is 17.3. The first-order valence-electron chi connectivity index (χ1n) is 10.1. The van der Waals surface area contributed by atoms with Gasteiger partial charge in [0.25, 0.3) is 11.8 Å². The predicted octanol–water partition coefficient (Wildman–Crippen LogP) is 2.81. The van der Waals surface area contributed by atoms with Gasteiger partial charge in [0.05, 0.1) is 23.2 Å². The van der Waals surface area contributed by atoms with Gasteiger partial charge in [0, 0.05) is 25.8 Å². The molecule has 32 heavy (non-hydrogen) atoms. The third-order valence-electron chi connectivity index (χ3n) is 6.03. The van der Waals surface area contributed by atoms with Gasteiger partial charge in [-0.3, -0.25) is 14.4 Å². The number of fused-ring (bicyclic) bond motifs is 5. The van der Waals surface area contributed by atoms with Crippen molar-refractivity contribution in [1.29, 1.82) is 0 Å². The molecule has 162 valence electrons. The fourth-order valence-electron chi connectivity index (χ4n) is 4.76. The Morgan fingerprint density at radius 3 is 2.72 bits per heavy atom. The van der Waals surface area contributed by atoms with Gasteiger partial charge in [0.1, 0.15) is 11.4 Å². The zero-order chi connectivity index (χ0) is 22.6. The van der Waals surface area contributed by atoms with E-state index in [1.54, 1.807) is 30.3 Å². The third kappa shape index (κ3) is 2.41. The molecule has 2 aromatic carbocycles. The Morgan fingerprint density at radius 1 is 1.19 bits per heavy atom. The second kappa shape index (κ2) is 7.13. The summed E-state index contributed by atoms with van der Waals surface area (Å²) in [6.45, 7) is 4.10. The van der Waals surface area contributed by atoms with E-state index in [0.717, 1.165) is 12.1 Å². The summed E-state index contributed by atoms with van der Waals surface area (Å²) in [4.78, 5) is 44.0. The van der Waals surface area contributed by atoms with E-state index in [1.165, 1.54) is 23.0 Å². The standard InChI is InChI=1S/C24H19FN2O5/c1-3-10-26-17-7-5-4-6-16(17)24(23(26)30)19-20(28)15-13-14(25)8-9-18(15)32-21(19)22(29)27(24)11-12-31-2/h3-9,13H,1,10-12H2,2H3/t24-/m1/s1. The Kier molecular flexibility index (Phi) is 4.49. The van der Waals surface area contributed by atoms with Crippen molar-refractivity contribution in [2.24, 2.45) is 0 Å². The van der Waals surface area contributed by atoms with Crippen LogP contribution in [0.3, 0.4) is 0 Å². The maximum Gasteiger partial charge on any atom is 0.291 e. The van der Waals surface area contributed by atoms with Crippen LogP contribution in [0.15, 0.2) is 64.3 Å². The van der Waals surface area contributed by atoms with Crippen LogP contribution >= 0.6 is 0 Å². The second-order valence-electron chi connectivity index (χ2n) is 7.66. The molecule has 3 aromatic rings. The number of hydrogen-bond acceptors (Lipinski definition) is 5. The highest BCUT2D eigenvalue weighted by molar-refractivity contribution is 6.17. The van der Waals surface area contributed by atoms with Gasteiger partial charge in [-0.2, -0.15) is 0 Å². The minimum Gasteiger partial charge on any atom is -0.450 e. The Bertz CT molecular complexity index is 1360. The summed E-state index contributed by atoms with van der Waals surface area (Å²) in [7, 11) is 1.48. The summed E-state index contributed by atoms with van der Waals surface area (Å²) in [6, 6.07) is 10.5. The van der Waals surface area contributed by atoms with Crippen molar-refractivity contribution in [3.05, 3.63) is 88.0 Å². The van der Waals surface area contributed by atoms with Crippen LogP contribution in [0.1, 0.15) is 21.7 Å². The lowest BCUT2D eigenvalue weighted by Gasteiger charge is -2.34. The number of halogens is 1. The van der Waals surface area contributed by atoms with Crippen LogP contribution in [0.2, 0.25) is 0 Å². The molecule has 0 fully saturated rings. The van der Waals surface area contributed by atoms with Crippen LogP contribution in [0, 0.1) is 5.82 Å². The predicted molar refractivity (Wildman–Crippen MR) is 115 cm³/mol. The SMILES string of the molecule is C=CCN1C(=O)[C@@]2(c3ccccc31)c1c(oc3ccc(F)cc3c1=O)C(=O)N2CCOC. The first-order chi connectivity index (χ1) is 15.5. The zero-order valence-electron chi connectivity index (χ0n) is 17.3. The van der Waals surface area contributed by atoms with E-state index in [2.05, 4.69) is 6.58 Å². The van der Waals surface area contributed by atoms with Crippen LogP contribution in [-0.4, -0.2) is 43.5 Å². The maximum atomic E-state index is 14.0. The maximum absolute atomic E-state index is 14.0. The molecule has 2 aliphatic heterocycles. The first-order valence-corrected chi connectivity index (χ1v) is 10.1. The molecule has 8 heteroatoms. The van der Waals surface area contributed by atoms with Crippen molar-refractivity contribution in [3.63, 3.8) is 0 Å². The monoisotopic (exact) mass is 434 g/mol. The lowest BCUT2D eigenvalue weighted by molar-refractivity contribution is -0.126. The lowest BCUT2D eigenvalue weighted by atomic mass is 9.84. The van der Waals surface area contributed by atoms with E-state index in [-0.39, 0.29) is 42.0 Å². The number of hydrogen-bond donors (Lipinski definition) is 0. The smallest absolute Gasteiger partial charge is 0.291 e. The number of nitrogens with zero attached hydrogens (tertiary/aromatic N) is 2. The number of benzene rings is 2. The van der Waals surface area contributed by atoms with E-state index in [9.17, 15) is 18.8 Å². The van der Waals surface area contributed by atoms with Crippen molar-refractivity contribution in [1.82, 2.24) is 4.90 Å². The summed E-state index contributed by atoms with van der Waals surface area (Å²) >= 11 is 0. The molecule has 3 heterocycles. The van der Waals surface area contributed by atoms with Gasteiger partial charge in [0.2, 0.25) is 5.76 Å². The second-order valence-corrected chi connectivity index (χ2v) is 7.66. The molecule has 2 aliphatic rings. The lowest BCUT2D eigenvalue weighted by Crippen LogP contribution is -2.54. The van der Waals surface area contributed by atoms with Gasteiger partial charge in [-0.1, -0.05) is 24.3 Å². The van der Waals surface area contributed by atoms with Gasteiger partial charge < -0.3 is 19.0 Å². The minimum absolute atomic E-state index is 0.0306. The highest BCUT2D eigenvalue weighted by atomic mass is 19.1. The van der Waals surface area contributed by atoms with E-state index in [0.29, 0.717) is 11.3 Å². The van der Waals surface area contributed by atoms with Crippen LogP contribution in [0.4, 0.5) is 10.1 Å². The van der Waals surface area contributed by atoms with E-state index in [4.69, 9.17) is 9.15 Å². The summed E-state index contributed by atoms with van der Waals surface area (Å²) < 4.78 is 25.0. The molecule has 0 unspecified atom stereocenters. The Morgan fingerprint density at radius 2 is 1.97 bits per heavy atom. The van der Waals surface area contributed by atoms with Crippen LogP contribution < -0.4 is 10.3 Å². The molecular weight excluding hydrogens is 415 g/mol. The molecule has 0 saturated carbocycles. The quantitative estimate of drug-likeness (QED) is 0.577. The number of rotatable bonds is 5.